The molecule has 0 spiro atoms. The summed E-state index contributed by atoms with van der Waals surface area (Å²) in [4.78, 5) is 23.1. The fourth-order valence-corrected chi connectivity index (χ4v) is 1.67. The van der Waals surface area contributed by atoms with Gasteiger partial charge in [-0.1, -0.05) is 12.1 Å². The lowest BCUT2D eigenvalue weighted by Gasteiger charge is -2.25. The first-order valence-corrected chi connectivity index (χ1v) is 6.77. The van der Waals surface area contributed by atoms with E-state index in [4.69, 9.17) is 4.74 Å². The van der Waals surface area contributed by atoms with Crippen LogP contribution in [0.2, 0.25) is 0 Å². The summed E-state index contributed by atoms with van der Waals surface area (Å²) < 4.78 is 42.3. The molecule has 0 aliphatic rings. The second-order valence-electron chi connectivity index (χ2n) is 5.93. The van der Waals surface area contributed by atoms with Crippen LogP contribution in [0.25, 0.3) is 0 Å². The minimum atomic E-state index is -5.10. The molecule has 1 aromatic carbocycles. The van der Waals surface area contributed by atoms with E-state index in [1.54, 1.807) is 26.1 Å². The smallest absolute Gasteiger partial charge is 0.471 e. The van der Waals surface area contributed by atoms with E-state index in [2.05, 4.69) is 0 Å². The zero-order chi connectivity index (χ0) is 17.8. The molecule has 0 fully saturated rings. The molecule has 128 valence electrons. The van der Waals surface area contributed by atoms with Crippen molar-refractivity contribution in [2.75, 3.05) is 0 Å². The number of halogens is 3. The number of phenols is 1. The summed E-state index contributed by atoms with van der Waals surface area (Å²) in [6.07, 6.45) is -5.30. The van der Waals surface area contributed by atoms with Gasteiger partial charge in [0.05, 0.1) is 0 Å². The SMILES string of the molecule is CC(C)(C)OC(=O)[C@H](Cc1ccc(O)cc1)NC(=O)C(F)(F)F. The minimum Gasteiger partial charge on any atom is -0.508 e. The van der Waals surface area contributed by atoms with Crippen molar-refractivity contribution in [3.63, 3.8) is 0 Å². The van der Waals surface area contributed by atoms with Gasteiger partial charge >= 0.3 is 18.1 Å². The molecule has 0 saturated carbocycles. The average molecular weight is 333 g/mol. The number of benzene rings is 1. The van der Waals surface area contributed by atoms with Crippen molar-refractivity contribution in [1.82, 2.24) is 5.32 Å². The van der Waals surface area contributed by atoms with Crippen LogP contribution in [0.3, 0.4) is 0 Å². The maximum absolute atomic E-state index is 12.4. The van der Waals surface area contributed by atoms with E-state index in [0.29, 0.717) is 5.56 Å². The first kappa shape index (κ1) is 18.8. The van der Waals surface area contributed by atoms with Crippen molar-refractivity contribution in [3.8, 4) is 5.75 Å². The van der Waals surface area contributed by atoms with Crippen LogP contribution < -0.4 is 5.32 Å². The van der Waals surface area contributed by atoms with E-state index in [-0.39, 0.29) is 12.2 Å². The highest BCUT2D eigenvalue weighted by Crippen LogP contribution is 2.18. The number of esters is 1. The van der Waals surface area contributed by atoms with E-state index >= 15 is 0 Å². The van der Waals surface area contributed by atoms with Crippen molar-refractivity contribution in [2.45, 2.75) is 45.0 Å². The topological polar surface area (TPSA) is 75.6 Å². The zero-order valence-corrected chi connectivity index (χ0v) is 12.9. The van der Waals surface area contributed by atoms with Gasteiger partial charge < -0.3 is 15.2 Å². The molecule has 0 unspecified atom stereocenters. The zero-order valence-electron chi connectivity index (χ0n) is 12.9. The van der Waals surface area contributed by atoms with Crippen LogP contribution in [-0.4, -0.2) is 34.8 Å². The van der Waals surface area contributed by atoms with Gasteiger partial charge in [0.15, 0.2) is 0 Å². The molecule has 0 heterocycles. The lowest BCUT2D eigenvalue weighted by molar-refractivity contribution is -0.177. The van der Waals surface area contributed by atoms with E-state index < -0.39 is 29.7 Å². The predicted octanol–water partition coefficient (Wildman–Crippen LogP) is 2.32. The lowest BCUT2D eigenvalue weighted by atomic mass is 10.1. The van der Waals surface area contributed by atoms with Crippen molar-refractivity contribution in [1.29, 1.82) is 0 Å². The molecule has 1 atom stereocenters. The molecule has 1 aromatic rings. The van der Waals surface area contributed by atoms with Crippen LogP contribution >= 0.6 is 0 Å². The number of carbonyl (C=O) groups is 2. The van der Waals surface area contributed by atoms with Crippen LogP contribution in [0.15, 0.2) is 24.3 Å². The molecule has 8 heteroatoms. The van der Waals surface area contributed by atoms with Crippen molar-refractivity contribution < 1.29 is 32.6 Å². The van der Waals surface area contributed by atoms with Crippen LogP contribution in [0.1, 0.15) is 26.3 Å². The fourth-order valence-electron chi connectivity index (χ4n) is 1.67. The standard InChI is InChI=1S/C15H18F3NO4/c1-14(2,3)23-12(21)11(19-13(22)15(16,17)18)8-9-4-6-10(20)7-5-9/h4-7,11,20H,8H2,1-3H3,(H,19,22)/t11-/m0/s1. The maximum atomic E-state index is 12.4. The van der Waals surface area contributed by atoms with Gasteiger partial charge in [0.1, 0.15) is 17.4 Å². The molecule has 1 amide bonds. The number of phenolic OH excluding ortho intramolecular Hbond substituents is 1. The first-order valence-electron chi connectivity index (χ1n) is 6.77. The Morgan fingerprint density at radius 3 is 2.13 bits per heavy atom. The maximum Gasteiger partial charge on any atom is 0.471 e. The molecule has 0 aliphatic carbocycles. The predicted molar refractivity (Wildman–Crippen MR) is 75.6 cm³/mol. The Morgan fingerprint density at radius 2 is 1.70 bits per heavy atom. The number of ether oxygens (including phenoxy) is 1. The van der Waals surface area contributed by atoms with Crippen LogP contribution in [0.4, 0.5) is 13.2 Å². The second-order valence-corrected chi connectivity index (χ2v) is 5.93. The van der Waals surface area contributed by atoms with Gasteiger partial charge in [0, 0.05) is 6.42 Å². The Morgan fingerprint density at radius 1 is 1.17 bits per heavy atom. The molecule has 0 aromatic heterocycles. The quantitative estimate of drug-likeness (QED) is 0.829. The molecule has 5 nitrogen and oxygen atoms in total. The van der Waals surface area contributed by atoms with Gasteiger partial charge in [-0.3, -0.25) is 4.79 Å². The van der Waals surface area contributed by atoms with Crippen LogP contribution in [0.5, 0.6) is 5.75 Å². The van der Waals surface area contributed by atoms with E-state index in [9.17, 15) is 27.9 Å². The van der Waals surface area contributed by atoms with Gasteiger partial charge in [-0.2, -0.15) is 13.2 Å². The number of carbonyl (C=O) groups excluding carboxylic acids is 2. The third-order valence-corrected chi connectivity index (χ3v) is 2.63. The Labute approximate surface area is 131 Å². The van der Waals surface area contributed by atoms with Gasteiger partial charge in [0.25, 0.3) is 0 Å². The fraction of sp³-hybridized carbons (Fsp3) is 0.467. The number of hydrogen-bond donors (Lipinski definition) is 2. The first-order chi connectivity index (χ1) is 10.4. The molecule has 23 heavy (non-hydrogen) atoms. The van der Waals surface area contributed by atoms with E-state index in [1.165, 1.54) is 24.3 Å². The Hall–Kier alpha value is -2.25. The van der Waals surface area contributed by atoms with Crippen molar-refractivity contribution >= 4 is 11.9 Å². The van der Waals surface area contributed by atoms with Crippen molar-refractivity contribution in [2.24, 2.45) is 0 Å². The number of alkyl halides is 3. The summed E-state index contributed by atoms with van der Waals surface area (Å²) in [5.74, 6) is -3.21. The molecule has 0 aliphatic heterocycles. The summed E-state index contributed by atoms with van der Waals surface area (Å²) in [6.45, 7) is 4.69. The summed E-state index contributed by atoms with van der Waals surface area (Å²) in [7, 11) is 0. The Balaban J connectivity index is 2.93. The average Bonchev–Trinajstić information content (AvgIpc) is 2.37. The normalized spacial score (nSPS) is 13.3. The lowest BCUT2D eigenvalue weighted by Crippen LogP contribution is -2.49. The Kier molecular flexibility index (Phi) is 5.63. The largest absolute Gasteiger partial charge is 0.508 e. The second kappa shape index (κ2) is 6.89. The van der Waals surface area contributed by atoms with E-state index in [1.807, 2.05) is 0 Å². The number of aromatic hydroxyl groups is 1. The highest BCUT2D eigenvalue weighted by Gasteiger charge is 2.41. The molecule has 0 saturated heterocycles. The number of amides is 1. The molecular weight excluding hydrogens is 315 g/mol. The molecule has 0 bridgehead atoms. The minimum absolute atomic E-state index is 0.0260. The van der Waals surface area contributed by atoms with E-state index in [0.717, 1.165) is 0 Å². The summed E-state index contributed by atoms with van der Waals surface area (Å²) in [5, 5.41) is 10.8. The highest BCUT2D eigenvalue weighted by molar-refractivity contribution is 5.87. The third kappa shape index (κ3) is 6.58. The summed E-state index contributed by atoms with van der Waals surface area (Å²) in [6, 6.07) is 4.03. The summed E-state index contributed by atoms with van der Waals surface area (Å²) >= 11 is 0. The Bertz CT molecular complexity index is 562. The number of rotatable bonds is 4. The van der Waals surface area contributed by atoms with Crippen LogP contribution in [-0.2, 0) is 20.7 Å². The van der Waals surface area contributed by atoms with Gasteiger partial charge in [-0.15, -0.1) is 0 Å². The number of hydrogen-bond acceptors (Lipinski definition) is 4. The number of nitrogens with one attached hydrogen (secondary N) is 1. The third-order valence-electron chi connectivity index (χ3n) is 2.63. The molecule has 2 N–H and O–H groups in total. The van der Waals surface area contributed by atoms with Crippen molar-refractivity contribution in [3.05, 3.63) is 29.8 Å². The molecule has 0 radical (unpaired) electrons. The summed E-state index contributed by atoms with van der Waals surface area (Å²) in [5.41, 5.74) is -0.450. The highest BCUT2D eigenvalue weighted by atomic mass is 19.4. The van der Waals surface area contributed by atoms with Gasteiger partial charge in [0.2, 0.25) is 0 Å². The van der Waals surface area contributed by atoms with Gasteiger partial charge in [-0.25, -0.2) is 4.79 Å². The molecular formula is C15H18F3NO4. The van der Waals surface area contributed by atoms with Crippen LogP contribution in [0, 0.1) is 0 Å². The van der Waals surface area contributed by atoms with Gasteiger partial charge in [-0.05, 0) is 38.5 Å². The molecule has 1 rings (SSSR count). The monoisotopic (exact) mass is 333 g/mol.